The largest absolute Gasteiger partial charge is 0.490 e. The monoisotopic (exact) mass is 538 g/mol. The van der Waals surface area contributed by atoms with Crippen molar-refractivity contribution in [3.8, 4) is 17.6 Å². The van der Waals surface area contributed by atoms with E-state index in [0.717, 1.165) is 3.57 Å². The van der Waals surface area contributed by atoms with Gasteiger partial charge in [-0.3, -0.25) is 4.79 Å². The summed E-state index contributed by atoms with van der Waals surface area (Å²) in [6, 6.07) is 22.7. The molecule has 0 radical (unpaired) electrons. The highest BCUT2D eigenvalue weighted by Gasteiger charge is 2.14. The first kappa shape index (κ1) is 23.0. The van der Waals surface area contributed by atoms with Gasteiger partial charge in [0.05, 0.1) is 12.2 Å². The summed E-state index contributed by atoms with van der Waals surface area (Å²) in [7, 11) is 0. The topological polar surface area (TPSA) is 88.4 Å². The van der Waals surface area contributed by atoms with Crippen LogP contribution in [0.25, 0.3) is 6.08 Å². The minimum Gasteiger partial charge on any atom is -0.490 e. The van der Waals surface area contributed by atoms with E-state index in [9.17, 15) is 14.9 Å². The second-order valence-corrected chi connectivity index (χ2v) is 7.77. The summed E-state index contributed by atoms with van der Waals surface area (Å²) in [5.41, 5.74) is 1.50. The van der Waals surface area contributed by atoms with Crippen molar-refractivity contribution in [2.45, 2.75) is 6.92 Å². The Kier molecular flexibility index (Phi) is 8.00. The second-order valence-electron chi connectivity index (χ2n) is 6.53. The first-order valence-corrected chi connectivity index (χ1v) is 10.8. The maximum atomic E-state index is 12.5. The number of esters is 1. The van der Waals surface area contributed by atoms with Gasteiger partial charge in [0.15, 0.2) is 11.5 Å². The van der Waals surface area contributed by atoms with Crippen LogP contribution in [-0.4, -0.2) is 18.5 Å². The summed E-state index contributed by atoms with van der Waals surface area (Å²) < 4.78 is 12.0. The van der Waals surface area contributed by atoms with Crippen molar-refractivity contribution in [1.29, 1.82) is 5.26 Å². The number of nitrogens with zero attached hydrogens (tertiary/aromatic N) is 1. The van der Waals surface area contributed by atoms with Gasteiger partial charge in [-0.05, 0) is 83.6 Å². The number of hydrogen-bond acceptors (Lipinski definition) is 5. The van der Waals surface area contributed by atoms with Crippen LogP contribution in [0.15, 0.2) is 78.4 Å². The summed E-state index contributed by atoms with van der Waals surface area (Å²) in [6.45, 7) is 2.15. The molecule has 0 atom stereocenters. The number of halogens is 1. The number of rotatable bonds is 7. The molecule has 1 N–H and O–H groups in total. The fraction of sp³-hybridized carbons (Fsp3) is 0.0800. The molecule has 0 aliphatic heterocycles. The summed E-state index contributed by atoms with van der Waals surface area (Å²) in [5, 5.41) is 12.2. The third kappa shape index (κ3) is 6.18. The van der Waals surface area contributed by atoms with Crippen molar-refractivity contribution >= 4 is 46.2 Å². The predicted octanol–water partition coefficient (Wildman–Crippen LogP) is 5.45. The smallest absolute Gasteiger partial charge is 0.343 e. The van der Waals surface area contributed by atoms with E-state index in [1.54, 1.807) is 61.5 Å². The third-order valence-electron chi connectivity index (χ3n) is 4.24. The minimum absolute atomic E-state index is 0.0691. The van der Waals surface area contributed by atoms with E-state index in [1.165, 1.54) is 6.08 Å². The molecule has 6 nitrogen and oxygen atoms in total. The number of ether oxygens (including phenoxy) is 2. The second kappa shape index (κ2) is 11.1. The molecule has 3 aromatic carbocycles. The molecule has 7 heteroatoms. The molecule has 0 aliphatic rings. The van der Waals surface area contributed by atoms with Gasteiger partial charge in [0.25, 0.3) is 5.91 Å². The van der Waals surface area contributed by atoms with Gasteiger partial charge in [-0.1, -0.05) is 30.3 Å². The Hall–Kier alpha value is -3.64. The van der Waals surface area contributed by atoms with Gasteiger partial charge in [-0.2, -0.15) is 5.26 Å². The maximum absolute atomic E-state index is 12.5. The lowest BCUT2D eigenvalue weighted by molar-refractivity contribution is -0.112. The number of anilines is 1. The molecule has 1 amide bonds. The summed E-state index contributed by atoms with van der Waals surface area (Å²) >= 11 is 2.14. The zero-order valence-electron chi connectivity index (χ0n) is 17.2. The van der Waals surface area contributed by atoms with E-state index < -0.39 is 11.9 Å². The number of carbonyl (C=O) groups excluding carboxylic acids is 2. The van der Waals surface area contributed by atoms with Gasteiger partial charge in [0.1, 0.15) is 11.6 Å². The molecule has 0 fully saturated rings. The Balaban J connectivity index is 1.82. The quantitative estimate of drug-likeness (QED) is 0.142. The van der Waals surface area contributed by atoms with Crippen LogP contribution < -0.4 is 14.8 Å². The number of carbonyl (C=O) groups is 2. The van der Waals surface area contributed by atoms with Gasteiger partial charge in [0.2, 0.25) is 0 Å². The van der Waals surface area contributed by atoms with E-state index in [0.29, 0.717) is 29.2 Å². The van der Waals surface area contributed by atoms with Crippen LogP contribution in [0.3, 0.4) is 0 Å². The van der Waals surface area contributed by atoms with Crippen LogP contribution in [0, 0.1) is 14.9 Å². The predicted molar refractivity (Wildman–Crippen MR) is 130 cm³/mol. The molecule has 0 unspecified atom stereocenters. The highest BCUT2D eigenvalue weighted by molar-refractivity contribution is 14.1. The van der Waals surface area contributed by atoms with E-state index in [4.69, 9.17) is 9.47 Å². The Labute approximate surface area is 199 Å². The van der Waals surface area contributed by atoms with Gasteiger partial charge in [0, 0.05) is 9.26 Å². The molecule has 0 heterocycles. The van der Waals surface area contributed by atoms with Crippen LogP contribution in [0.4, 0.5) is 5.69 Å². The first-order chi connectivity index (χ1) is 15.5. The molecule has 0 aromatic heterocycles. The van der Waals surface area contributed by atoms with Crippen LogP contribution >= 0.6 is 22.6 Å². The van der Waals surface area contributed by atoms with Crippen molar-refractivity contribution in [2.24, 2.45) is 0 Å². The van der Waals surface area contributed by atoms with Gasteiger partial charge in [-0.25, -0.2) is 4.79 Å². The first-order valence-electron chi connectivity index (χ1n) is 9.73. The van der Waals surface area contributed by atoms with Gasteiger partial charge >= 0.3 is 5.97 Å². The Morgan fingerprint density at radius 2 is 1.81 bits per heavy atom. The fourth-order valence-corrected chi connectivity index (χ4v) is 3.32. The van der Waals surface area contributed by atoms with Crippen LogP contribution in [0.1, 0.15) is 22.8 Å². The molecular weight excluding hydrogens is 519 g/mol. The standard InChI is InChI=1S/C25H19IN2O4/c1-2-31-23-14-17(11-12-22(23)32-25(30)18-7-4-3-5-8-18)13-19(16-27)24(29)28-21-10-6-9-20(26)15-21/h3-15H,2H2,1H3,(H,28,29)/b19-13+. The van der Waals surface area contributed by atoms with Crippen molar-refractivity contribution in [2.75, 3.05) is 11.9 Å². The minimum atomic E-state index is -0.521. The Morgan fingerprint density at radius 3 is 2.50 bits per heavy atom. The van der Waals surface area contributed by atoms with Crippen molar-refractivity contribution in [1.82, 2.24) is 0 Å². The van der Waals surface area contributed by atoms with Crippen molar-refractivity contribution < 1.29 is 19.1 Å². The molecule has 3 aromatic rings. The molecule has 160 valence electrons. The average molecular weight is 538 g/mol. The molecule has 0 aliphatic carbocycles. The highest BCUT2D eigenvalue weighted by Crippen LogP contribution is 2.30. The normalized spacial score (nSPS) is 10.7. The van der Waals surface area contributed by atoms with E-state index in [2.05, 4.69) is 27.9 Å². The zero-order valence-corrected chi connectivity index (χ0v) is 19.3. The van der Waals surface area contributed by atoms with Gasteiger partial charge < -0.3 is 14.8 Å². The van der Waals surface area contributed by atoms with E-state index in [-0.39, 0.29) is 11.3 Å². The van der Waals surface area contributed by atoms with Crippen LogP contribution in [0.2, 0.25) is 0 Å². The summed E-state index contributed by atoms with van der Waals surface area (Å²) in [5.74, 6) is -0.447. The molecule has 0 saturated heterocycles. The van der Waals surface area contributed by atoms with E-state index in [1.807, 2.05) is 24.3 Å². The number of benzene rings is 3. The maximum Gasteiger partial charge on any atom is 0.343 e. The molecule has 32 heavy (non-hydrogen) atoms. The zero-order chi connectivity index (χ0) is 22.9. The Morgan fingerprint density at radius 1 is 1.03 bits per heavy atom. The third-order valence-corrected chi connectivity index (χ3v) is 4.91. The summed E-state index contributed by atoms with van der Waals surface area (Å²) in [4.78, 5) is 24.9. The lowest BCUT2D eigenvalue weighted by atomic mass is 10.1. The molecule has 3 rings (SSSR count). The summed E-state index contributed by atoms with van der Waals surface area (Å²) in [6.07, 6.45) is 1.45. The van der Waals surface area contributed by atoms with Crippen molar-refractivity contribution in [3.63, 3.8) is 0 Å². The molecule has 0 saturated carbocycles. The SMILES string of the molecule is CCOc1cc(/C=C(\C#N)C(=O)Nc2cccc(I)c2)ccc1OC(=O)c1ccccc1. The molecule has 0 bridgehead atoms. The lowest BCUT2D eigenvalue weighted by Crippen LogP contribution is -2.13. The average Bonchev–Trinajstić information content (AvgIpc) is 2.79. The van der Waals surface area contributed by atoms with Gasteiger partial charge in [-0.15, -0.1) is 0 Å². The van der Waals surface area contributed by atoms with Crippen molar-refractivity contribution in [3.05, 3.63) is 93.1 Å². The highest BCUT2D eigenvalue weighted by atomic mass is 127. The number of hydrogen-bond donors (Lipinski definition) is 1. The number of nitriles is 1. The number of nitrogens with one attached hydrogen (secondary N) is 1. The van der Waals surface area contributed by atoms with Crippen LogP contribution in [0.5, 0.6) is 11.5 Å². The Bertz CT molecular complexity index is 1200. The molecular formula is C25H19IN2O4. The molecule has 0 spiro atoms. The van der Waals surface area contributed by atoms with Crippen LogP contribution in [-0.2, 0) is 4.79 Å². The number of amides is 1. The van der Waals surface area contributed by atoms with E-state index >= 15 is 0 Å². The fourth-order valence-electron chi connectivity index (χ4n) is 2.78. The lowest BCUT2D eigenvalue weighted by Gasteiger charge is -2.12.